The Morgan fingerprint density at radius 3 is 2.67 bits per heavy atom. The van der Waals surface area contributed by atoms with Crippen molar-refractivity contribution in [3.05, 3.63) is 118 Å². The van der Waals surface area contributed by atoms with Gasteiger partial charge in [0.15, 0.2) is 16.3 Å². The number of para-hydroxylation sites is 1. The number of methoxy groups -OCH3 is 2. The predicted molar refractivity (Wildman–Crippen MR) is 151 cm³/mol. The molecule has 6 rings (SSSR count). The molecule has 2 aliphatic rings. The average molecular weight is 606 g/mol. The standard InChI is InChI=1S/C29H23IN2O3S/c1-34-23-12-6-11-22(27(23)35-2)26-21-14-13-18-8-3-4-10-20(18)25(21)31-29-32(26)28(33)24(36-29)16-17-7-5-9-19(30)15-17/h3-12,15-16,26H,13-14H2,1-2H3. The van der Waals surface area contributed by atoms with Gasteiger partial charge in [0.25, 0.3) is 5.56 Å². The molecule has 2 heterocycles. The molecule has 1 aliphatic carbocycles. The van der Waals surface area contributed by atoms with Crippen LogP contribution in [0.15, 0.2) is 82.1 Å². The molecule has 1 aromatic heterocycles. The van der Waals surface area contributed by atoms with Crippen LogP contribution in [0.25, 0.3) is 11.8 Å². The summed E-state index contributed by atoms with van der Waals surface area (Å²) in [5.74, 6) is 1.29. The van der Waals surface area contributed by atoms with Crippen molar-refractivity contribution in [1.82, 2.24) is 4.57 Å². The number of allylic oxidation sites excluding steroid dienone is 1. The van der Waals surface area contributed by atoms with E-state index in [0.717, 1.165) is 44.4 Å². The van der Waals surface area contributed by atoms with Gasteiger partial charge in [-0.2, -0.15) is 0 Å². The van der Waals surface area contributed by atoms with Crippen molar-refractivity contribution < 1.29 is 9.47 Å². The van der Waals surface area contributed by atoms with E-state index in [4.69, 9.17) is 14.5 Å². The number of hydrogen-bond donors (Lipinski definition) is 0. The number of nitrogens with zero attached hydrogens (tertiary/aromatic N) is 2. The largest absolute Gasteiger partial charge is 0.493 e. The highest BCUT2D eigenvalue weighted by atomic mass is 127. The Morgan fingerprint density at radius 2 is 1.86 bits per heavy atom. The summed E-state index contributed by atoms with van der Waals surface area (Å²) in [6.45, 7) is 0. The van der Waals surface area contributed by atoms with Gasteiger partial charge >= 0.3 is 0 Å². The van der Waals surface area contributed by atoms with E-state index in [-0.39, 0.29) is 11.6 Å². The van der Waals surface area contributed by atoms with E-state index in [0.29, 0.717) is 20.8 Å². The normalized spacial score (nSPS) is 16.6. The summed E-state index contributed by atoms with van der Waals surface area (Å²) in [4.78, 5) is 19.7. The number of thiazole rings is 1. The van der Waals surface area contributed by atoms with Crippen LogP contribution >= 0.6 is 33.9 Å². The molecule has 0 N–H and O–H groups in total. The summed E-state index contributed by atoms with van der Waals surface area (Å²) in [7, 11) is 3.28. The first-order valence-corrected chi connectivity index (χ1v) is 13.6. The second-order valence-electron chi connectivity index (χ2n) is 8.75. The Hall–Kier alpha value is -3.17. The molecule has 36 heavy (non-hydrogen) atoms. The second-order valence-corrected chi connectivity index (χ2v) is 11.0. The molecule has 1 unspecified atom stereocenters. The minimum Gasteiger partial charge on any atom is -0.493 e. The third-order valence-electron chi connectivity index (χ3n) is 6.75. The highest BCUT2D eigenvalue weighted by Crippen LogP contribution is 2.45. The van der Waals surface area contributed by atoms with Crippen molar-refractivity contribution in [1.29, 1.82) is 0 Å². The summed E-state index contributed by atoms with van der Waals surface area (Å²) in [6.07, 6.45) is 3.68. The van der Waals surface area contributed by atoms with Crippen molar-refractivity contribution in [3.63, 3.8) is 0 Å². The van der Waals surface area contributed by atoms with E-state index in [1.54, 1.807) is 14.2 Å². The first kappa shape index (κ1) is 23.2. The van der Waals surface area contributed by atoms with Crippen molar-refractivity contribution in [3.8, 4) is 11.5 Å². The monoisotopic (exact) mass is 606 g/mol. The highest BCUT2D eigenvalue weighted by molar-refractivity contribution is 14.1. The number of benzene rings is 3. The molecular formula is C29H23IN2O3S. The van der Waals surface area contributed by atoms with E-state index in [9.17, 15) is 4.79 Å². The molecule has 0 saturated carbocycles. The van der Waals surface area contributed by atoms with Crippen molar-refractivity contribution >= 4 is 45.7 Å². The van der Waals surface area contributed by atoms with Gasteiger partial charge in [-0.25, -0.2) is 4.99 Å². The maximum Gasteiger partial charge on any atom is 0.271 e. The first-order valence-electron chi connectivity index (χ1n) is 11.7. The molecule has 0 bridgehead atoms. The van der Waals surface area contributed by atoms with Crippen LogP contribution in [0.4, 0.5) is 0 Å². The van der Waals surface area contributed by atoms with Crippen LogP contribution in [-0.4, -0.2) is 18.8 Å². The van der Waals surface area contributed by atoms with Gasteiger partial charge in [-0.3, -0.25) is 9.36 Å². The van der Waals surface area contributed by atoms with Crippen LogP contribution in [0.3, 0.4) is 0 Å². The van der Waals surface area contributed by atoms with Crippen LogP contribution in [0, 0.1) is 3.57 Å². The Balaban J connectivity index is 1.66. The fourth-order valence-electron chi connectivity index (χ4n) is 5.17. The summed E-state index contributed by atoms with van der Waals surface area (Å²) < 4.78 is 15.1. The van der Waals surface area contributed by atoms with Gasteiger partial charge in [0.05, 0.1) is 30.5 Å². The molecule has 180 valence electrons. The summed E-state index contributed by atoms with van der Waals surface area (Å²) in [5.41, 5.74) is 6.38. The van der Waals surface area contributed by atoms with Gasteiger partial charge in [0, 0.05) is 14.7 Å². The Bertz CT molecular complexity index is 1720. The molecular weight excluding hydrogens is 583 g/mol. The molecule has 0 saturated heterocycles. The summed E-state index contributed by atoms with van der Waals surface area (Å²) in [5, 5.41) is 0. The third kappa shape index (κ3) is 3.81. The van der Waals surface area contributed by atoms with Crippen LogP contribution in [0.2, 0.25) is 0 Å². The Labute approximate surface area is 226 Å². The SMILES string of the molecule is COc1cccc(C2C3=C(N=c4sc(=Cc5cccc(I)c5)c(=O)n42)c2ccccc2CC3)c1OC. The quantitative estimate of drug-likeness (QED) is 0.310. The van der Waals surface area contributed by atoms with Gasteiger partial charge in [-0.15, -0.1) is 0 Å². The lowest BCUT2D eigenvalue weighted by Crippen LogP contribution is -2.39. The van der Waals surface area contributed by atoms with E-state index >= 15 is 0 Å². The fourth-order valence-corrected chi connectivity index (χ4v) is 6.74. The minimum atomic E-state index is -0.326. The zero-order valence-electron chi connectivity index (χ0n) is 19.8. The number of aryl methyl sites for hydroxylation is 1. The number of hydrogen-bond acceptors (Lipinski definition) is 5. The molecule has 1 aliphatic heterocycles. The molecule has 0 amide bonds. The molecule has 0 radical (unpaired) electrons. The lowest BCUT2D eigenvalue weighted by atomic mass is 9.83. The number of fused-ring (bicyclic) bond motifs is 3. The molecule has 3 aromatic carbocycles. The Morgan fingerprint density at radius 1 is 1.03 bits per heavy atom. The maximum atomic E-state index is 13.9. The molecule has 5 nitrogen and oxygen atoms in total. The lowest BCUT2D eigenvalue weighted by molar-refractivity contribution is 0.348. The van der Waals surface area contributed by atoms with E-state index in [1.165, 1.54) is 16.9 Å². The van der Waals surface area contributed by atoms with E-state index in [2.05, 4.69) is 52.9 Å². The topological polar surface area (TPSA) is 52.8 Å². The number of rotatable bonds is 4. The molecule has 1 atom stereocenters. The van der Waals surface area contributed by atoms with Gasteiger partial charge < -0.3 is 9.47 Å². The fraction of sp³-hybridized carbons (Fsp3) is 0.172. The summed E-state index contributed by atoms with van der Waals surface area (Å²) in [6, 6.07) is 22.1. The maximum absolute atomic E-state index is 13.9. The lowest BCUT2D eigenvalue weighted by Gasteiger charge is -2.31. The zero-order valence-corrected chi connectivity index (χ0v) is 22.8. The van der Waals surface area contributed by atoms with Crippen LogP contribution in [0.1, 0.15) is 34.7 Å². The minimum absolute atomic E-state index is 0.0436. The first-order chi connectivity index (χ1) is 17.6. The number of aromatic nitrogens is 1. The van der Waals surface area contributed by atoms with E-state index in [1.807, 2.05) is 47.0 Å². The van der Waals surface area contributed by atoms with Crippen LogP contribution in [-0.2, 0) is 6.42 Å². The van der Waals surface area contributed by atoms with Crippen molar-refractivity contribution in [2.45, 2.75) is 18.9 Å². The zero-order chi connectivity index (χ0) is 24.8. The smallest absolute Gasteiger partial charge is 0.271 e. The van der Waals surface area contributed by atoms with Gasteiger partial charge in [0.1, 0.15) is 0 Å². The average Bonchev–Trinajstić information content (AvgIpc) is 3.21. The van der Waals surface area contributed by atoms with E-state index < -0.39 is 0 Å². The highest BCUT2D eigenvalue weighted by Gasteiger charge is 2.34. The second kappa shape index (κ2) is 9.37. The summed E-state index contributed by atoms with van der Waals surface area (Å²) >= 11 is 3.72. The molecule has 0 fully saturated rings. The van der Waals surface area contributed by atoms with Gasteiger partial charge in [0.2, 0.25) is 0 Å². The van der Waals surface area contributed by atoms with Gasteiger partial charge in [-0.1, -0.05) is 59.9 Å². The molecule has 4 aromatic rings. The van der Waals surface area contributed by atoms with Crippen molar-refractivity contribution in [2.75, 3.05) is 14.2 Å². The third-order valence-corrected chi connectivity index (χ3v) is 8.40. The van der Waals surface area contributed by atoms with Crippen molar-refractivity contribution in [2.24, 2.45) is 4.99 Å². The molecule has 0 spiro atoms. The van der Waals surface area contributed by atoms with Crippen LogP contribution < -0.4 is 24.4 Å². The predicted octanol–water partition coefficient (Wildman–Crippen LogP) is 4.94. The number of halogens is 1. The van der Waals surface area contributed by atoms with Gasteiger partial charge in [-0.05, 0) is 76.4 Å². The molecule has 7 heteroatoms. The van der Waals surface area contributed by atoms with Crippen LogP contribution in [0.5, 0.6) is 11.5 Å². The number of ether oxygens (including phenoxy) is 2. The Kier molecular flexibility index (Phi) is 6.05.